The standard InChI is InChI=1S/C13H8F2N2O/c14-8-3-1-2-7(4-8)13-17-11-6-9(16)5-10(15)12(11)18-13/h1-6H,16H2. The minimum atomic E-state index is -0.583. The molecule has 0 amide bonds. The van der Waals surface area contributed by atoms with Crippen molar-refractivity contribution in [2.45, 2.75) is 0 Å². The van der Waals surface area contributed by atoms with Crippen molar-refractivity contribution in [1.82, 2.24) is 4.98 Å². The largest absolute Gasteiger partial charge is 0.433 e. The second-order valence-corrected chi connectivity index (χ2v) is 3.88. The molecule has 5 heteroatoms. The number of aromatic nitrogens is 1. The summed E-state index contributed by atoms with van der Waals surface area (Å²) >= 11 is 0. The number of hydrogen-bond acceptors (Lipinski definition) is 3. The quantitative estimate of drug-likeness (QED) is 0.670. The van der Waals surface area contributed by atoms with Crippen LogP contribution in [0.15, 0.2) is 40.8 Å². The Kier molecular flexibility index (Phi) is 2.26. The number of nitrogen functional groups attached to an aromatic ring is 1. The van der Waals surface area contributed by atoms with E-state index in [4.69, 9.17) is 10.2 Å². The maximum absolute atomic E-state index is 13.6. The Labute approximate surface area is 101 Å². The van der Waals surface area contributed by atoms with Crippen LogP contribution in [0.1, 0.15) is 0 Å². The van der Waals surface area contributed by atoms with Crippen LogP contribution in [-0.4, -0.2) is 4.98 Å². The highest BCUT2D eigenvalue weighted by molar-refractivity contribution is 5.80. The Morgan fingerprint density at radius 1 is 1.11 bits per heavy atom. The minimum absolute atomic E-state index is 0.0171. The maximum atomic E-state index is 13.6. The zero-order valence-electron chi connectivity index (χ0n) is 9.15. The zero-order valence-corrected chi connectivity index (χ0v) is 9.15. The molecule has 18 heavy (non-hydrogen) atoms. The Morgan fingerprint density at radius 2 is 1.94 bits per heavy atom. The monoisotopic (exact) mass is 246 g/mol. The number of rotatable bonds is 1. The van der Waals surface area contributed by atoms with Crippen LogP contribution < -0.4 is 5.73 Å². The Bertz CT molecular complexity index is 737. The van der Waals surface area contributed by atoms with Crippen LogP contribution in [0.3, 0.4) is 0 Å². The number of benzene rings is 2. The van der Waals surface area contributed by atoms with Crippen LogP contribution in [-0.2, 0) is 0 Å². The number of halogens is 2. The average Bonchev–Trinajstić information content (AvgIpc) is 2.73. The lowest BCUT2D eigenvalue weighted by atomic mass is 10.2. The summed E-state index contributed by atoms with van der Waals surface area (Å²) in [6.07, 6.45) is 0. The van der Waals surface area contributed by atoms with E-state index in [-0.39, 0.29) is 17.2 Å². The van der Waals surface area contributed by atoms with Gasteiger partial charge in [-0.15, -0.1) is 0 Å². The molecule has 0 aliphatic rings. The molecule has 0 spiro atoms. The number of oxazole rings is 1. The number of hydrogen-bond donors (Lipinski definition) is 1. The predicted octanol–water partition coefficient (Wildman–Crippen LogP) is 3.36. The van der Waals surface area contributed by atoms with E-state index in [1.165, 1.54) is 24.3 Å². The van der Waals surface area contributed by atoms with Gasteiger partial charge >= 0.3 is 0 Å². The van der Waals surface area contributed by atoms with E-state index < -0.39 is 11.6 Å². The highest BCUT2D eigenvalue weighted by atomic mass is 19.1. The van der Waals surface area contributed by atoms with Crippen molar-refractivity contribution in [2.24, 2.45) is 0 Å². The molecule has 1 aromatic heterocycles. The van der Waals surface area contributed by atoms with E-state index in [9.17, 15) is 8.78 Å². The molecule has 0 radical (unpaired) electrons. The van der Waals surface area contributed by atoms with Crippen LogP contribution in [0, 0.1) is 11.6 Å². The molecule has 0 bridgehead atoms. The highest BCUT2D eigenvalue weighted by Crippen LogP contribution is 2.27. The third kappa shape index (κ3) is 1.69. The minimum Gasteiger partial charge on any atom is -0.433 e. The highest BCUT2D eigenvalue weighted by Gasteiger charge is 2.13. The Morgan fingerprint density at radius 3 is 2.72 bits per heavy atom. The molecule has 0 unspecified atom stereocenters. The van der Waals surface area contributed by atoms with E-state index in [0.29, 0.717) is 11.1 Å². The van der Waals surface area contributed by atoms with Gasteiger partial charge in [-0.2, -0.15) is 0 Å². The second-order valence-electron chi connectivity index (χ2n) is 3.88. The summed E-state index contributed by atoms with van der Waals surface area (Å²) in [5.41, 5.74) is 6.56. The Balaban J connectivity index is 2.22. The third-order valence-corrected chi connectivity index (χ3v) is 2.54. The second kappa shape index (κ2) is 3.80. The molecule has 2 aromatic carbocycles. The molecule has 1 heterocycles. The van der Waals surface area contributed by atoms with Crippen molar-refractivity contribution < 1.29 is 13.2 Å². The van der Waals surface area contributed by atoms with Gasteiger partial charge in [0.15, 0.2) is 11.4 Å². The molecule has 0 saturated carbocycles. The summed E-state index contributed by atoms with van der Waals surface area (Å²) in [5.74, 6) is -0.830. The Hall–Kier alpha value is -2.43. The van der Waals surface area contributed by atoms with Gasteiger partial charge in [0.1, 0.15) is 11.3 Å². The maximum Gasteiger partial charge on any atom is 0.227 e. The number of anilines is 1. The molecule has 0 aliphatic carbocycles. The summed E-state index contributed by atoms with van der Waals surface area (Å²) in [6, 6.07) is 8.41. The SMILES string of the molecule is Nc1cc(F)c2oc(-c3cccc(F)c3)nc2c1. The lowest BCUT2D eigenvalue weighted by Crippen LogP contribution is -1.86. The number of fused-ring (bicyclic) bond motifs is 1. The molecule has 90 valence electrons. The van der Waals surface area contributed by atoms with Crippen molar-refractivity contribution in [3.8, 4) is 11.5 Å². The normalized spacial score (nSPS) is 11.0. The summed E-state index contributed by atoms with van der Waals surface area (Å²) in [5, 5.41) is 0. The van der Waals surface area contributed by atoms with Crippen molar-refractivity contribution >= 4 is 16.8 Å². The first-order valence-electron chi connectivity index (χ1n) is 5.25. The van der Waals surface area contributed by atoms with Gasteiger partial charge in [0, 0.05) is 17.3 Å². The van der Waals surface area contributed by atoms with Crippen LogP contribution in [0.4, 0.5) is 14.5 Å². The lowest BCUT2D eigenvalue weighted by Gasteiger charge is -1.94. The van der Waals surface area contributed by atoms with Gasteiger partial charge in [-0.25, -0.2) is 13.8 Å². The van der Waals surface area contributed by atoms with Crippen molar-refractivity contribution in [3.05, 3.63) is 48.0 Å². The smallest absolute Gasteiger partial charge is 0.227 e. The molecule has 0 aliphatic heterocycles. The fourth-order valence-corrected chi connectivity index (χ4v) is 1.76. The van der Waals surface area contributed by atoms with Gasteiger partial charge < -0.3 is 10.2 Å². The van der Waals surface area contributed by atoms with E-state index in [2.05, 4.69) is 4.98 Å². The summed E-state index contributed by atoms with van der Waals surface area (Å²) in [6.45, 7) is 0. The van der Waals surface area contributed by atoms with Gasteiger partial charge in [-0.3, -0.25) is 0 Å². The van der Waals surface area contributed by atoms with Gasteiger partial charge in [0.2, 0.25) is 5.89 Å². The molecule has 3 aromatic rings. The van der Waals surface area contributed by atoms with Crippen LogP contribution >= 0.6 is 0 Å². The van der Waals surface area contributed by atoms with Gasteiger partial charge in [0.05, 0.1) is 0 Å². The molecular formula is C13H8F2N2O. The van der Waals surface area contributed by atoms with Crippen LogP contribution in [0.2, 0.25) is 0 Å². The van der Waals surface area contributed by atoms with Gasteiger partial charge in [-0.05, 0) is 24.3 Å². The molecule has 3 nitrogen and oxygen atoms in total. The van der Waals surface area contributed by atoms with Crippen LogP contribution in [0.5, 0.6) is 0 Å². The number of nitrogens with zero attached hydrogens (tertiary/aromatic N) is 1. The predicted molar refractivity (Wildman–Crippen MR) is 63.8 cm³/mol. The summed E-state index contributed by atoms with van der Waals surface area (Å²) in [4.78, 5) is 4.09. The average molecular weight is 246 g/mol. The third-order valence-electron chi connectivity index (χ3n) is 2.54. The first-order chi connectivity index (χ1) is 8.63. The van der Waals surface area contributed by atoms with Crippen LogP contribution in [0.25, 0.3) is 22.6 Å². The molecule has 0 saturated heterocycles. The van der Waals surface area contributed by atoms with Crippen molar-refractivity contribution in [3.63, 3.8) is 0 Å². The van der Waals surface area contributed by atoms with E-state index >= 15 is 0 Å². The molecule has 0 atom stereocenters. The first-order valence-corrected chi connectivity index (χ1v) is 5.25. The van der Waals surface area contributed by atoms with Crippen molar-refractivity contribution in [1.29, 1.82) is 0 Å². The number of nitrogens with two attached hydrogens (primary N) is 1. The topological polar surface area (TPSA) is 52.0 Å². The fraction of sp³-hybridized carbons (Fsp3) is 0. The zero-order chi connectivity index (χ0) is 12.7. The van der Waals surface area contributed by atoms with E-state index in [1.807, 2.05) is 0 Å². The fourth-order valence-electron chi connectivity index (χ4n) is 1.76. The summed E-state index contributed by atoms with van der Waals surface area (Å²) < 4.78 is 31.9. The van der Waals surface area contributed by atoms with Gasteiger partial charge in [0.25, 0.3) is 0 Å². The van der Waals surface area contributed by atoms with Gasteiger partial charge in [-0.1, -0.05) is 6.07 Å². The first kappa shape index (κ1) is 10.7. The van der Waals surface area contributed by atoms with Crippen molar-refractivity contribution in [2.75, 3.05) is 5.73 Å². The molecular weight excluding hydrogens is 238 g/mol. The molecule has 2 N–H and O–H groups in total. The van der Waals surface area contributed by atoms with E-state index in [1.54, 1.807) is 6.07 Å². The summed E-state index contributed by atoms with van der Waals surface area (Å²) in [7, 11) is 0. The van der Waals surface area contributed by atoms with E-state index in [0.717, 1.165) is 6.07 Å². The molecule has 3 rings (SSSR count). The molecule has 0 fully saturated rings. The lowest BCUT2D eigenvalue weighted by molar-refractivity contribution is 0.563.